The molecule has 3 atom stereocenters. The van der Waals surface area contributed by atoms with Gasteiger partial charge in [0.25, 0.3) is 29.3 Å². The van der Waals surface area contributed by atoms with Crippen molar-refractivity contribution in [1.82, 2.24) is 5.32 Å². The van der Waals surface area contributed by atoms with Crippen LogP contribution >= 0.6 is 9.39 Å². The molecule has 8 N–H and O–H groups in total. The number of hydrogen-bond acceptors (Lipinski definition) is 13. The maximum absolute atomic E-state index is 13.5. The highest BCUT2D eigenvalue weighted by Crippen LogP contribution is 2.31. The molecule has 5 amide bonds. The van der Waals surface area contributed by atoms with Gasteiger partial charge in [-0.1, -0.05) is 9.39 Å². The Morgan fingerprint density at radius 3 is 1.46 bits per heavy atom. The van der Waals surface area contributed by atoms with E-state index in [1.54, 1.807) is 27.7 Å². The number of aldehydes is 1. The van der Waals surface area contributed by atoms with Gasteiger partial charge in [0.2, 0.25) is 5.91 Å². The zero-order chi connectivity index (χ0) is 49.4. The minimum Gasteiger partial charge on any atom is -0.489 e. The molecule has 0 aromatic heterocycles. The summed E-state index contributed by atoms with van der Waals surface area (Å²) in [6, 6.07) is 23.3. The summed E-state index contributed by atoms with van der Waals surface area (Å²) in [4.78, 5) is 99.9. The van der Waals surface area contributed by atoms with E-state index in [0.717, 1.165) is 0 Å². The van der Waals surface area contributed by atoms with Crippen molar-refractivity contribution in [3.63, 3.8) is 0 Å². The number of nitrogens with zero attached hydrogens (tertiary/aromatic N) is 1. The molecule has 0 aliphatic carbocycles. The fourth-order valence-corrected chi connectivity index (χ4v) is 5.98. The van der Waals surface area contributed by atoms with Crippen molar-refractivity contribution in [2.24, 2.45) is 5.50 Å². The fourth-order valence-electron chi connectivity index (χ4n) is 5.98. The molecule has 0 radical (unpaired) electrons. The van der Waals surface area contributed by atoms with Crippen LogP contribution in [0.4, 0.5) is 28.4 Å². The molecular formula is C46H48N7O13P. The second-order valence-corrected chi connectivity index (χ2v) is 14.7. The summed E-state index contributed by atoms with van der Waals surface area (Å²) in [6.07, 6.45) is -1.72. The number of methoxy groups -OCH3 is 1. The minimum absolute atomic E-state index is 0.0203. The number of benzene rings is 5. The Balaban J connectivity index is 0.00000483. The SMILES string of the molecule is COC(C=O)C(NC(=O)c1ccc(NC(=O)c2ccc([N+](=O)[O-])cc2)cc1)C(=O)Nc1ccc(C(=O)Nc2ccc(C(=O)Nc3ccc(C(=O)O)cc3OC(C)C)cc2OC(C)C)cc1.NP. The highest BCUT2D eigenvalue weighted by molar-refractivity contribution is 7.13. The van der Waals surface area contributed by atoms with Crippen LogP contribution in [0.3, 0.4) is 0 Å². The predicted molar refractivity (Wildman–Crippen MR) is 252 cm³/mol. The second kappa shape index (κ2) is 24.3. The van der Waals surface area contributed by atoms with Crippen molar-refractivity contribution >= 4 is 79.6 Å². The summed E-state index contributed by atoms with van der Waals surface area (Å²) in [7, 11) is 3.10. The summed E-state index contributed by atoms with van der Waals surface area (Å²) in [5.41, 5.74) is 5.79. The first-order chi connectivity index (χ1) is 32.0. The number of nitrogens with one attached hydrogen (secondary N) is 5. The first-order valence-electron chi connectivity index (χ1n) is 20.1. The molecule has 0 saturated heterocycles. The van der Waals surface area contributed by atoms with Crippen LogP contribution in [-0.4, -0.2) is 83.3 Å². The van der Waals surface area contributed by atoms with Crippen LogP contribution in [0.2, 0.25) is 0 Å². The molecule has 67 heavy (non-hydrogen) atoms. The van der Waals surface area contributed by atoms with Crippen LogP contribution in [0.15, 0.2) is 109 Å². The number of hydrogen-bond donors (Lipinski definition) is 7. The van der Waals surface area contributed by atoms with Gasteiger partial charge in [0, 0.05) is 52.9 Å². The Morgan fingerprint density at radius 1 is 0.612 bits per heavy atom. The van der Waals surface area contributed by atoms with Gasteiger partial charge in [-0.15, -0.1) is 0 Å². The van der Waals surface area contributed by atoms with E-state index in [1.807, 2.05) is 9.39 Å². The molecule has 0 spiro atoms. The van der Waals surface area contributed by atoms with Crippen molar-refractivity contribution in [2.45, 2.75) is 52.0 Å². The number of nitro benzene ring substituents is 1. The molecule has 0 aliphatic heterocycles. The lowest BCUT2D eigenvalue weighted by Gasteiger charge is -2.22. The molecule has 5 aromatic rings. The average molecular weight is 938 g/mol. The molecule has 0 bridgehead atoms. The molecule has 3 unspecified atom stereocenters. The number of non-ortho nitro benzene ring substituents is 1. The molecular weight excluding hydrogens is 890 g/mol. The van der Waals surface area contributed by atoms with Gasteiger partial charge in [0.05, 0.1) is 34.1 Å². The normalized spacial score (nSPS) is 11.4. The number of nitro groups is 1. The number of carbonyl (C=O) groups excluding carboxylic acids is 6. The van der Waals surface area contributed by atoms with E-state index < -0.39 is 52.6 Å². The van der Waals surface area contributed by atoms with Gasteiger partial charge >= 0.3 is 5.97 Å². The van der Waals surface area contributed by atoms with Gasteiger partial charge in [-0.25, -0.2) is 4.79 Å². The van der Waals surface area contributed by atoms with E-state index in [2.05, 4.69) is 32.1 Å². The van der Waals surface area contributed by atoms with Gasteiger partial charge in [-0.05, 0) is 125 Å². The molecule has 20 nitrogen and oxygen atoms in total. The largest absolute Gasteiger partial charge is 0.489 e. The summed E-state index contributed by atoms with van der Waals surface area (Å²) in [5, 5.41) is 33.5. The topological polar surface area (TPSA) is 297 Å². The molecule has 0 heterocycles. The van der Waals surface area contributed by atoms with Gasteiger partial charge in [-0.2, -0.15) is 0 Å². The first kappa shape index (κ1) is 51.6. The van der Waals surface area contributed by atoms with E-state index in [1.165, 1.54) is 116 Å². The zero-order valence-corrected chi connectivity index (χ0v) is 37.9. The quantitative estimate of drug-likeness (QED) is 0.0207. The summed E-state index contributed by atoms with van der Waals surface area (Å²) < 4.78 is 16.8. The van der Waals surface area contributed by atoms with Gasteiger partial charge in [0.15, 0.2) is 6.29 Å². The second-order valence-electron chi connectivity index (χ2n) is 14.7. The maximum atomic E-state index is 13.5. The molecule has 0 fully saturated rings. The Kier molecular flexibility index (Phi) is 18.7. The van der Waals surface area contributed by atoms with Crippen molar-refractivity contribution < 1.29 is 57.8 Å². The van der Waals surface area contributed by atoms with Gasteiger partial charge < -0.3 is 56.2 Å². The van der Waals surface area contributed by atoms with E-state index in [0.29, 0.717) is 12.0 Å². The summed E-state index contributed by atoms with van der Waals surface area (Å²) >= 11 is 0. The lowest BCUT2D eigenvalue weighted by atomic mass is 10.1. The third kappa shape index (κ3) is 14.5. The number of carboxylic acids is 1. The lowest BCUT2D eigenvalue weighted by molar-refractivity contribution is -0.384. The highest BCUT2D eigenvalue weighted by Gasteiger charge is 2.31. The molecule has 5 rings (SSSR count). The van der Waals surface area contributed by atoms with Crippen molar-refractivity contribution in [2.75, 3.05) is 28.4 Å². The third-order valence-corrected chi connectivity index (χ3v) is 9.16. The number of nitrogens with two attached hydrogens (primary N) is 1. The standard InChI is InChI=1S/C46H44N6O13.H4NP/c1-25(2)64-37-22-30(44(57)50-36-21-13-31(46(59)60)23-38(36)65-26(3)4)12-20-35(37)49-42(55)27-6-16-33(17-7-27)48-45(58)40(39(24-53)63-5)51-43(56)28-8-14-32(15-9-28)47-41(54)29-10-18-34(19-11-29)52(61)62;1-2/h6-26,39-40H,1-5H3,(H,47,54)(H,48,58)(H,49,55)(H,50,57)(H,51,56)(H,59,60);1-2H2. The van der Waals surface area contributed by atoms with Crippen LogP contribution in [-0.2, 0) is 14.3 Å². The molecule has 350 valence electrons. The number of rotatable bonds is 19. The number of anilines is 4. The number of ether oxygens (including phenoxy) is 3. The van der Waals surface area contributed by atoms with E-state index in [9.17, 15) is 48.8 Å². The number of aromatic carboxylic acids is 1. The minimum atomic E-state index is -1.51. The monoisotopic (exact) mass is 937 g/mol. The van der Waals surface area contributed by atoms with Crippen LogP contribution in [0.1, 0.15) is 79.5 Å². The third-order valence-electron chi connectivity index (χ3n) is 9.16. The molecule has 0 aliphatic rings. The lowest BCUT2D eigenvalue weighted by Crippen LogP contribution is -2.52. The summed E-state index contributed by atoms with van der Waals surface area (Å²) in [6.45, 7) is 7.04. The Morgan fingerprint density at radius 2 is 1.01 bits per heavy atom. The zero-order valence-electron chi connectivity index (χ0n) is 36.7. The van der Waals surface area contributed by atoms with E-state index in [4.69, 9.17) is 14.2 Å². The predicted octanol–water partition coefficient (Wildman–Crippen LogP) is 6.31. The Labute approximate surface area is 386 Å². The first-order valence-corrected chi connectivity index (χ1v) is 20.8. The van der Waals surface area contributed by atoms with Crippen LogP contribution in [0.5, 0.6) is 11.5 Å². The van der Waals surface area contributed by atoms with Gasteiger partial charge in [0.1, 0.15) is 23.6 Å². The van der Waals surface area contributed by atoms with Crippen LogP contribution in [0.25, 0.3) is 0 Å². The van der Waals surface area contributed by atoms with E-state index >= 15 is 0 Å². The van der Waals surface area contributed by atoms with Crippen molar-refractivity contribution in [3.05, 3.63) is 147 Å². The smallest absolute Gasteiger partial charge is 0.335 e. The number of carbonyl (C=O) groups is 7. The van der Waals surface area contributed by atoms with Crippen molar-refractivity contribution in [3.8, 4) is 11.5 Å². The molecule has 21 heteroatoms. The molecule has 5 aromatic carbocycles. The molecule has 0 saturated carbocycles. The fraction of sp³-hybridized carbons (Fsp3) is 0.196. The van der Waals surface area contributed by atoms with Crippen molar-refractivity contribution in [1.29, 1.82) is 0 Å². The number of carboxylic acid groups (broad SMARTS) is 1. The van der Waals surface area contributed by atoms with E-state index in [-0.39, 0.29) is 74.3 Å². The maximum Gasteiger partial charge on any atom is 0.335 e. The van der Waals surface area contributed by atoms with Crippen LogP contribution < -0.4 is 41.6 Å². The highest BCUT2D eigenvalue weighted by atomic mass is 31.0. The average Bonchev–Trinajstić information content (AvgIpc) is 3.30. The Bertz CT molecular complexity index is 2610. The van der Waals surface area contributed by atoms with Gasteiger partial charge in [-0.3, -0.25) is 34.1 Å². The summed E-state index contributed by atoms with van der Waals surface area (Å²) in [5.74, 6) is -4.04. The number of amides is 5. The van der Waals surface area contributed by atoms with Crippen LogP contribution in [0, 0.1) is 10.1 Å². The Hall–Kier alpha value is -8.06.